The fourth-order valence-corrected chi connectivity index (χ4v) is 4.05. The normalized spacial score (nSPS) is 13.5. The molecule has 1 N–H and O–H groups in total. The average Bonchev–Trinajstić information content (AvgIpc) is 3.46. The van der Waals surface area contributed by atoms with Crippen molar-refractivity contribution in [1.29, 1.82) is 0 Å². The summed E-state index contributed by atoms with van der Waals surface area (Å²) in [6.07, 6.45) is 4.33. The topological polar surface area (TPSA) is 59.8 Å². The summed E-state index contributed by atoms with van der Waals surface area (Å²) in [5, 5.41) is 12.5. The quantitative estimate of drug-likeness (QED) is 0.592. The number of hydrogen-bond acceptors (Lipinski definition) is 5. The molecule has 1 aliphatic carbocycles. The van der Waals surface area contributed by atoms with E-state index in [1.807, 2.05) is 60.9 Å². The maximum atomic E-state index is 12.4. The van der Waals surface area contributed by atoms with Gasteiger partial charge in [0.15, 0.2) is 5.16 Å². The van der Waals surface area contributed by atoms with E-state index in [0.717, 1.165) is 40.1 Å². The highest BCUT2D eigenvalue weighted by Crippen LogP contribution is 2.41. The molecule has 0 radical (unpaired) electrons. The minimum atomic E-state index is -0.0474. The summed E-state index contributed by atoms with van der Waals surface area (Å²) in [5.74, 6) is 1.72. The molecule has 0 bridgehead atoms. The molecule has 3 aromatic rings. The van der Waals surface area contributed by atoms with Gasteiger partial charge in [-0.2, -0.15) is 0 Å². The maximum Gasteiger partial charge on any atom is 0.234 e. The Balaban J connectivity index is 1.47. The first-order valence-electron chi connectivity index (χ1n) is 8.82. The summed E-state index contributed by atoms with van der Waals surface area (Å²) >= 11 is 3.07. The second kappa shape index (κ2) is 8.19. The van der Waals surface area contributed by atoms with Crippen LogP contribution in [0.1, 0.15) is 24.6 Å². The molecule has 0 atom stereocenters. The number of para-hydroxylation sites is 1. The van der Waals surface area contributed by atoms with Crippen molar-refractivity contribution in [2.24, 2.45) is 0 Å². The van der Waals surface area contributed by atoms with Gasteiger partial charge in [-0.1, -0.05) is 36.0 Å². The minimum absolute atomic E-state index is 0.0474. The van der Waals surface area contributed by atoms with Crippen LogP contribution in [0.5, 0.6) is 0 Å². The van der Waals surface area contributed by atoms with Gasteiger partial charge in [-0.05, 0) is 49.4 Å². The number of carbonyl (C=O) groups is 1. The van der Waals surface area contributed by atoms with Crippen LogP contribution in [0.3, 0.4) is 0 Å². The molecule has 1 amide bonds. The van der Waals surface area contributed by atoms with Crippen molar-refractivity contribution in [2.75, 3.05) is 17.3 Å². The zero-order valence-electron chi connectivity index (χ0n) is 15.0. The Hall–Kier alpha value is -2.25. The third-order valence-corrected chi connectivity index (χ3v) is 5.96. The van der Waals surface area contributed by atoms with Crippen LogP contribution >= 0.6 is 23.5 Å². The third-order valence-electron chi connectivity index (χ3n) is 4.30. The van der Waals surface area contributed by atoms with E-state index in [1.54, 1.807) is 11.8 Å². The van der Waals surface area contributed by atoms with Gasteiger partial charge in [0, 0.05) is 22.2 Å². The average molecular weight is 397 g/mol. The molecular weight excluding hydrogens is 376 g/mol. The van der Waals surface area contributed by atoms with E-state index in [4.69, 9.17) is 0 Å². The number of benzene rings is 2. The fourth-order valence-electron chi connectivity index (χ4n) is 2.83. The highest BCUT2D eigenvalue weighted by atomic mass is 32.2. The van der Waals surface area contributed by atoms with Gasteiger partial charge in [-0.3, -0.25) is 9.36 Å². The fraction of sp³-hybridized carbons (Fsp3) is 0.250. The Morgan fingerprint density at radius 1 is 1.15 bits per heavy atom. The summed E-state index contributed by atoms with van der Waals surface area (Å²) in [7, 11) is 0. The molecule has 0 spiro atoms. The number of hydrogen-bond donors (Lipinski definition) is 1. The van der Waals surface area contributed by atoms with E-state index in [2.05, 4.69) is 20.1 Å². The lowest BCUT2D eigenvalue weighted by molar-refractivity contribution is -0.113. The molecule has 5 nitrogen and oxygen atoms in total. The molecule has 1 aliphatic rings. The van der Waals surface area contributed by atoms with E-state index in [1.165, 1.54) is 11.8 Å². The van der Waals surface area contributed by atoms with Crippen LogP contribution in [0.25, 0.3) is 5.69 Å². The Bertz CT molecular complexity index is 938. The Labute approximate surface area is 167 Å². The van der Waals surface area contributed by atoms with Crippen molar-refractivity contribution in [2.45, 2.75) is 28.8 Å². The molecule has 2 aromatic carbocycles. The molecule has 138 valence electrons. The van der Waals surface area contributed by atoms with Crippen LogP contribution in [0.4, 0.5) is 5.69 Å². The largest absolute Gasteiger partial charge is 0.325 e. The third kappa shape index (κ3) is 4.36. The highest BCUT2D eigenvalue weighted by Gasteiger charge is 2.31. The lowest BCUT2D eigenvalue weighted by Gasteiger charge is -2.10. The molecule has 0 aliphatic heterocycles. The van der Waals surface area contributed by atoms with Crippen molar-refractivity contribution < 1.29 is 4.79 Å². The maximum absolute atomic E-state index is 12.4. The van der Waals surface area contributed by atoms with Crippen LogP contribution in [-0.2, 0) is 4.79 Å². The zero-order chi connectivity index (χ0) is 18.6. The van der Waals surface area contributed by atoms with Crippen LogP contribution in [0.2, 0.25) is 0 Å². The van der Waals surface area contributed by atoms with Crippen molar-refractivity contribution in [3.8, 4) is 5.69 Å². The standard InChI is InChI=1S/C20H20N4OS2/c1-26-17-9-5-6-15(12-17)21-18(25)13-27-20-23-22-19(14-10-11-14)24(20)16-7-3-2-4-8-16/h2-9,12,14H,10-11,13H2,1H3,(H,21,25). The smallest absolute Gasteiger partial charge is 0.234 e. The van der Waals surface area contributed by atoms with Crippen LogP contribution in [0, 0.1) is 0 Å². The highest BCUT2D eigenvalue weighted by molar-refractivity contribution is 7.99. The molecule has 0 saturated heterocycles. The number of thioether (sulfide) groups is 2. The lowest BCUT2D eigenvalue weighted by atomic mass is 10.3. The molecule has 4 rings (SSSR count). The molecular formula is C20H20N4OS2. The van der Waals surface area contributed by atoms with E-state index >= 15 is 0 Å². The molecule has 7 heteroatoms. The van der Waals surface area contributed by atoms with Gasteiger partial charge in [0.25, 0.3) is 0 Å². The van der Waals surface area contributed by atoms with Crippen LogP contribution in [0.15, 0.2) is 64.6 Å². The summed E-state index contributed by atoms with van der Waals surface area (Å²) < 4.78 is 2.09. The summed E-state index contributed by atoms with van der Waals surface area (Å²) in [5.41, 5.74) is 1.86. The van der Waals surface area contributed by atoms with E-state index < -0.39 is 0 Å². The molecule has 27 heavy (non-hydrogen) atoms. The van der Waals surface area contributed by atoms with E-state index in [-0.39, 0.29) is 5.91 Å². The first kappa shape index (κ1) is 18.1. The predicted molar refractivity (Wildman–Crippen MR) is 111 cm³/mol. The number of rotatable bonds is 7. The molecule has 0 unspecified atom stereocenters. The van der Waals surface area contributed by atoms with Gasteiger partial charge in [-0.15, -0.1) is 22.0 Å². The molecule has 1 fully saturated rings. The lowest BCUT2D eigenvalue weighted by Crippen LogP contribution is -2.14. The van der Waals surface area contributed by atoms with Gasteiger partial charge in [-0.25, -0.2) is 0 Å². The van der Waals surface area contributed by atoms with Gasteiger partial charge < -0.3 is 5.32 Å². The molecule has 1 saturated carbocycles. The van der Waals surface area contributed by atoms with E-state index in [0.29, 0.717) is 11.7 Å². The first-order valence-corrected chi connectivity index (χ1v) is 11.0. The summed E-state index contributed by atoms with van der Waals surface area (Å²) in [4.78, 5) is 13.5. The van der Waals surface area contributed by atoms with Crippen molar-refractivity contribution in [3.63, 3.8) is 0 Å². The Kier molecular flexibility index (Phi) is 5.50. The number of amides is 1. The van der Waals surface area contributed by atoms with Gasteiger partial charge in [0.2, 0.25) is 5.91 Å². The Morgan fingerprint density at radius 3 is 2.70 bits per heavy atom. The van der Waals surface area contributed by atoms with Crippen LogP contribution in [-0.4, -0.2) is 32.7 Å². The number of nitrogens with one attached hydrogen (secondary N) is 1. The molecule has 1 heterocycles. The van der Waals surface area contributed by atoms with Crippen LogP contribution < -0.4 is 5.32 Å². The summed E-state index contributed by atoms with van der Waals surface area (Å²) in [6, 6.07) is 18.0. The zero-order valence-corrected chi connectivity index (χ0v) is 16.6. The number of carbonyl (C=O) groups excluding carboxylic acids is 1. The second-order valence-electron chi connectivity index (χ2n) is 6.35. The van der Waals surface area contributed by atoms with E-state index in [9.17, 15) is 4.79 Å². The van der Waals surface area contributed by atoms with Gasteiger partial charge >= 0.3 is 0 Å². The summed E-state index contributed by atoms with van der Waals surface area (Å²) in [6.45, 7) is 0. The predicted octanol–water partition coefficient (Wildman–Crippen LogP) is 4.60. The molecule has 1 aromatic heterocycles. The second-order valence-corrected chi connectivity index (χ2v) is 8.18. The van der Waals surface area contributed by atoms with Gasteiger partial charge in [0.1, 0.15) is 5.82 Å². The number of aromatic nitrogens is 3. The van der Waals surface area contributed by atoms with Crippen molar-refractivity contribution in [3.05, 3.63) is 60.4 Å². The minimum Gasteiger partial charge on any atom is -0.325 e. The monoisotopic (exact) mass is 396 g/mol. The number of nitrogens with zero attached hydrogens (tertiary/aromatic N) is 3. The number of anilines is 1. The van der Waals surface area contributed by atoms with Crippen molar-refractivity contribution in [1.82, 2.24) is 14.8 Å². The first-order chi connectivity index (χ1) is 13.2. The SMILES string of the molecule is CSc1cccc(NC(=O)CSc2nnc(C3CC3)n2-c2ccccc2)c1. The van der Waals surface area contributed by atoms with Crippen molar-refractivity contribution >= 4 is 35.1 Å². The Morgan fingerprint density at radius 2 is 1.96 bits per heavy atom. The van der Waals surface area contributed by atoms with Gasteiger partial charge in [0.05, 0.1) is 5.75 Å².